The molecule has 1 unspecified atom stereocenters. The van der Waals surface area contributed by atoms with Gasteiger partial charge in [0.05, 0.1) is 0 Å². The number of nitrogens with one attached hydrogen (secondary N) is 1. The lowest BCUT2D eigenvalue weighted by Gasteiger charge is -2.25. The van der Waals surface area contributed by atoms with Crippen molar-refractivity contribution >= 4 is 0 Å². The molecule has 76 valence electrons. The molecule has 0 radical (unpaired) electrons. The number of hydrogen-bond donors (Lipinski definition) is 1. The van der Waals surface area contributed by atoms with Gasteiger partial charge in [-0.2, -0.15) is 0 Å². The highest BCUT2D eigenvalue weighted by Crippen LogP contribution is 2.30. The highest BCUT2D eigenvalue weighted by molar-refractivity contribution is 4.95. The second-order valence-electron chi connectivity index (χ2n) is 4.42. The molecule has 0 aromatic carbocycles. The van der Waals surface area contributed by atoms with E-state index in [1.165, 1.54) is 44.2 Å². The third kappa shape index (κ3) is 3.41. The smallest absolute Gasteiger partial charge is 0.00598 e. The largest absolute Gasteiger partial charge is 0.392 e. The quantitative estimate of drug-likeness (QED) is 0.701. The van der Waals surface area contributed by atoms with Crippen LogP contribution in [0.2, 0.25) is 0 Å². The summed E-state index contributed by atoms with van der Waals surface area (Å²) >= 11 is 0. The monoisotopic (exact) mass is 181 g/mol. The summed E-state index contributed by atoms with van der Waals surface area (Å²) in [6.45, 7) is 6.31. The molecule has 1 saturated carbocycles. The van der Waals surface area contributed by atoms with Gasteiger partial charge < -0.3 is 5.32 Å². The first-order valence-corrected chi connectivity index (χ1v) is 5.60. The zero-order valence-corrected chi connectivity index (χ0v) is 9.10. The summed E-state index contributed by atoms with van der Waals surface area (Å²) in [5.74, 6) is 1.61. The van der Waals surface area contributed by atoms with Crippen molar-refractivity contribution in [2.24, 2.45) is 11.8 Å². The van der Waals surface area contributed by atoms with Crippen LogP contribution in [0.5, 0.6) is 0 Å². The second kappa shape index (κ2) is 5.31. The topological polar surface area (TPSA) is 12.0 Å². The number of hydrogen-bond acceptors (Lipinski definition) is 1. The molecule has 0 amide bonds. The van der Waals surface area contributed by atoms with E-state index < -0.39 is 0 Å². The highest BCUT2D eigenvalue weighted by atomic mass is 14.8. The Labute approximate surface area is 82.6 Å². The van der Waals surface area contributed by atoms with Crippen LogP contribution in [0, 0.1) is 11.8 Å². The Hall–Kier alpha value is -0.460. The highest BCUT2D eigenvalue weighted by Gasteiger charge is 2.17. The summed E-state index contributed by atoms with van der Waals surface area (Å²) in [6.07, 6.45) is 8.58. The Bertz CT molecular complexity index is 157. The van der Waals surface area contributed by atoms with E-state index >= 15 is 0 Å². The van der Waals surface area contributed by atoms with E-state index in [9.17, 15) is 0 Å². The molecule has 1 heteroatoms. The molecule has 0 aromatic rings. The fraction of sp³-hybridized carbons (Fsp3) is 0.833. The molecule has 1 atom stereocenters. The molecule has 1 rings (SSSR count). The summed E-state index contributed by atoms with van der Waals surface area (Å²) in [4.78, 5) is 0. The molecule has 13 heavy (non-hydrogen) atoms. The van der Waals surface area contributed by atoms with Crippen molar-refractivity contribution in [1.82, 2.24) is 5.32 Å². The Kier molecular flexibility index (Phi) is 4.34. The van der Waals surface area contributed by atoms with Crippen molar-refractivity contribution in [2.75, 3.05) is 7.05 Å². The maximum atomic E-state index is 4.03. The molecule has 0 heterocycles. The van der Waals surface area contributed by atoms with E-state index in [4.69, 9.17) is 0 Å². The van der Waals surface area contributed by atoms with Gasteiger partial charge in [-0.15, -0.1) is 0 Å². The fourth-order valence-electron chi connectivity index (χ4n) is 2.31. The van der Waals surface area contributed by atoms with E-state index in [-0.39, 0.29) is 0 Å². The van der Waals surface area contributed by atoms with Gasteiger partial charge in [-0.05, 0) is 18.3 Å². The summed E-state index contributed by atoms with van der Waals surface area (Å²) in [6, 6.07) is 0. The van der Waals surface area contributed by atoms with Gasteiger partial charge in [-0.3, -0.25) is 0 Å². The summed E-state index contributed by atoms with van der Waals surface area (Å²) in [7, 11) is 1.97. The lowest BCUT2D eigenvalue weighted by Crippen LogP contribution is -2.17. The minimum atomic E-state index is 0.646. The van der Waals surface area contributed by atoms with Crippen LogP contribution < -0.4 is 5.32 Å². The SMILES string of the molecule is C=C(NC)C(C)CC1CCCCC1. The summed E-state index contributed by atoms with van der Waals surface area (Å²) < 4.78 is 0. The van der Waals surface area contributed by atoms with Gasteiger partial charge in [0, 0.05) is 12.7 Å². The molecule has 0 spiro atoms. The number of allylic oxidation sites excluding steroid dienone is 1. The van der Waals surface area contributed by atoms with E-state index in [0.29, 0.717) is 5.92 Å². The van der Waals surface area contributed by atoms with Crippen molar-refractivity contribution in [2.45, 2.75) is 45.4 Å². The van der Waals surface area contributed by atoms with E-state index in [2.05, 4.69) is 18.8 Å². The minimum absolute atomic E-state index is 0.646. The Balaban J connectivity index is 2.25. The average molecular weight is 181 g/mol. The van der Waals surface area contributed by atoms with Crippen molar-refractivity contribution in [3.63, 3.8) is 0 Å². The van der Waals surface area contributed by atoms with Gasteiger partial charge in [0.1, 0.15) is 0 Å². The molecule has 0 aromatic heterocycles. The van der Waals surface area contributed by atoms with Gasteiger partial charge in [-0.1, -0.05) is 45.6 Å². The minimum Gasteiger partial charge on any atom is -0.392 e. The molecule has 1 fully saturated rings. The summed E-state index contributed by atoms with van der Waals surface area (Å²) in [5, 5.41) is 3.16. The van der Waals surface area contributed by atoms with E-state index in [1.807, 2.05) is 7.05 Å². The van der Waals surface area contributed by atoms with Crippen LogP contribution in [0.25, 0.3) is 0 Å². The first kappa shape index (κ1) is 10.6. The zero-order valence-electron chi connectivity index (χ0n) is 9.10. The fourth-order valence-corrected chi connectivity index (χ4v) is 2.31. The molecule has 1 N–H and O–H groups in total. The average Bonchev–Trinajstić information content (AvgIpc) is 2.18. The van der Waals surface area contributed by atoms with Crippen molar-refractivity contribution < 1.29 is 0 Å². The van der Waals surface area contributed by atoms with Crippen molar-refractivity contribution in [3.05, 3.63) is 12.3 Å². The normalized spacial score (nSPS) is 21.1. The van der Waals surface area contributed by atoms with Crippen molar-refractivity contribution in [3.8, 4) is 0 Å². The van der Waals surface area contributed by atoms with Gasteiger partial charge in [0.15, 0.2) is 0 Å². The maximum Gasteiger partial charge on any atom is 0.00598 e. The molecule has 1 aliphatic rings. The van der Waals surface area contributed by atoms with Gasteiger partial charge in [0.2, 0.25) is 0 Å². The number of rotatable bonds is 4. The Morgan fingerprint density at radius 2 is 2.00 bits per heavy atom. The lowest BCUT2D eigenvalue weighted by atomic mass is 9.82. The Morgan fingerprint density at radius 3 is 2.54 bits per heavy atom. The van der Waals surface area contributed by atoms with Crippen LogP contribution in [0.1, 0.15) is 45.4 Å². The van der Waals surface area contributed by atoms with Gasteiger partial charge in [-0.25, -0.2) is 0 Å². The van der Waals surface area contributed by atoms with Crippen LogP contribution in [0.3, 0.4) is 0 Å². The zero-order chi connectivity index (χ0) is 9.68. The first-order chi connectivity index (χ1) is 6.24. The van der Waals surface area contributed by atoms with Gasteiger partial charge >= 0.3 is 0 Å². The van der Waals surface area contributed by atoms with E-state index in [0.717, 1.165) is 5.92 Å². The molecule has 1 nitrogen and oxygen atoms in total. The van der Waals surface area contributed by atoms with Crippen LogP contribution >= 0.6 is 0 Å². The molecule has 0 saturated heterocycles. The first-order valence-electron chi connectivity index (χ1n) is 5.60. The molecule has 0 aliphatic heterocycles. The lowest BCUT2D eigenvalue weighted by molar-refractivity contribution is 0.308. The Morgan fingerprint density at radius 1 is 1.38 bits per heavy atom. The standard InChI is InChI=1S/C12H23N/c1-10(11(2)13-3)9-12-7-5-4-6-8-12/h10,12-13H,2,4-9H2,1,3H3. The summed E-state index contributed by atoms with van der Waals surface area (Å²) in [5.41, 5.74) is 1.20. The maximum absolute atomic E-state index is 4.03. The molecular weight excluding hydrogens is 158 g/mol. The van der Waals surface area contributed by atoms with Crippen molar-refractivity contribution in [1.29, 1.82) is 0 Å². The van der Waals surface area contributed by atoms with Crippen LogP contribution in [-0.2, 0) is 0 Å². The van der Waals surface area contributed by atoms with Crippen LogP contribution in [0.4, 0.5) is 0 Å². The van der Waals surface area contributed by atoms with Gasteiger partial charge in [0.25, 0.3) is 0 Å². The van der Waals surface area contributed by atoms with Crippen LogP contribution in [-0.4, -0.2) is 7.05 Å². The molecule has 0 bridgehead atoms. The molecule has 1 aliphatic carbocycles. The second-order valence-corrected chi connectivity index (χ2v) is 4.42. The van der Waals surface area contributed by atoms with Crippen LogP contribution in [0.15, 0.2) is 12.3 Å². The third-order valence-electron chi connectivity index (χ3n) is 3.33. The predicted octanol–water partition coefficient (Wildman–Crippen LogP) is 3.33. The molecular formula is C12H23N. The third-order valence-corrected chi connectivity index (χ3v) is 3.33. The predicted molar refractivity (Wildman–Crippen MR) is 58.6 cm³/mol. The van der Waals surface area contributed by atoms with E-state index in [1.54, 1.807) is 0 Å².